The topological polar surface area (TPSA) is 135 Å². The fraction of sp³-hybridized carbons (Fsp3) is 0.300. The van der Waals surface area contributed by atoms with Crippen molar-refractivity contribution < 1.29 is 37.4 Å². The van der Waals surface area contributed by atoms with E-state index in [1.807, 2.05) is 0 Å². The van der Waals surface area contributed by atoms with Crippen LogP contribution in [0, 0.1) is 5.92 Å². The second-order valence-corrected chi connectivity index (χ2v) is 7.18. The molecule has 0 spiro atoms. The molecule has 2 aromatic rings. The Morgan fingerprint density at radius 1 is 1.31 bits per heavy atom. The molecule has 1 fully saturated rings. The van der Waals surface area contributed by atoms with Gasteiger partial charge in [-0.3, -0.25) is 4.79 Å². The van der Waals surface area contributed by atoms with Crippen LogP contribution in [0.15, 0.2) is 42.6 Å². The fourth-order valence-corrected chi connectivity index (χ4v) is 3.45. The smallest absolute Gasteiger partial charge is 0.480 e. The first-order valence-corrected chi connectivity index (χ1v) is 9.38. The van der Waals surface area contributed by atoms with Crippen LogP contribution in [0.5, 0.6) is 5.75 Å². The number of urea groups is 1. The summed E-state index contributed by atoms with van der Waals surface area (Å²) in [6, 6.07) is 4.84. The van der Waals surface area contributed by atoms with Gasteiger partial charge < -0.3 is 20.9 Å². The number of nitrogens with one attached hydrogen (secondary N) is 1. The number of carbonyl (C=O) groups excluding carboxylic acids is 2. The Hall–Kier alpha value is -3.83. The van der Waals surface area contributed by atoms with Crippen LogP contribution >= 0.6 is 0 Å². The van der Waals surface area contributed by atoms with E-state index in [9.17, 15) is 32.7 Å². The van der Waals surface area contributed by atoms with Gasteiger partial charge in [-0.1, -0.05) is 12.1 Å². The number of amides is 3. The van der Waals surface area contributed by atoms with E-state index < -0.39 is 48.0 Å². The number of nitrogens with two attached hydrogens (primary N) is 1. The molecule has 170 valence electrons. The molecular formula is C20H19F3N4O5. The number of aromatic nitrogens is 1. The molecule has 1 unspecified atom stereocenters. The van der Waals surface area contributed by atoms with E-state index in [0.717, 1.165) is 12.1 Å². The third-order valence-corrected chi connectivity index (χ3v) is 4.92. The lowest BCUT2D eigenvalue weighted by molar-refractivity contribution is -0.274. The van der Waals surface area contributed by atoms with Gasteiger partial charge in [-0.15, -0.1) is 13.2 Å². The second-order valence-electron chi connectivity index (χ2n) is 7.18. The van der Waals surface area contributed by atoms with Gasteiger partial charge in [0.15, 0.2) is 6.04 Å². The van der Waals surface area contributed by atoms with Crippen LogP contribution in [0.2, 0.25) is 0 Å². The first kappa shape index (κ1) is 22.8. The number of carbonyl (C=O) groups is 3. The summed E-state index contributed by atoms with van der Waals surface area (Å²) in [4.78, 5) is 41.3. The first-order chi connectivity index (χ1) is 15.0. The number of imide groups is 1. The lowest BCUT2D eigenvalue weighted by Gasteiger charge is -2.43. The number of halogens is 3. The minimum atomic E-state index is -4.88. The number of likely N-dealkylation sites (tertiary alicyclic amines) is 1. The van der Waals surface area contributed by atoms with Gasteiger partial charge in [0.25, 0.3) is 0 Å². The number of pyridine rings is 1. The molecule has 0 aliphatic carbocycles. The highest BCUT2D eigenvalue weighted by atomic mass is 19.4. The molecule has 1 saturated heterocycles. The Bertz CT molecular complexity index is 1050. The van der Waals surface area contributed by atoms with Crippen molar-refractivity contribution in [1.82, 2.24) is 15.2 Å². The molecule has 0 radical (unpaired) electrons. The van der Waals surface area contributed by atoms with Gasteiger partial charge >= 0.3 is 18.4 Å². The van der Waals surface area contributed by atoms with Crippen molar-refractivity contribution in [1.29, 1.82) is 0 Å². The third-order valence-electron chi connectivity index (χ3n) is 4.92. The average Bonchev–Trinajstić information content (AvgIpc) is 2.68. The third kappa shape index (κ3) is 5.07. The van der Waals surface area contributed by atoms with Crippen LogP contribution < -0.4 is 15.8 Å². The zero-order chi connectivity index (χ0) is 23.6. The first-order valence-electron chi connectivity index (χ1n) is 9.38. The molecule has 12 heteroatoms. The second kappa shape index (κ2) is 8.73. The van der Waals surface area contributed by atoms with Crippen molar-refractivity contribution in [2.75, 3.05) is 5.73 Å². The molecule has 1 aromatic heterocycles. The van der Waals surface area contributed by atoms with Gasteiger partial charge in [-0.25, -0.2) is 19.5 Å². The number of anilines is 1. The number of carboxylic acids is 1. The van der Waals surface area contributed by atoms with Crippen LogP contribution in [0.25, 0.3) is 0 Å². The number of benzene rings is 1. The summed E-state index contributed by atoms with van der Waals surface area (Å²) < 4.78 is 41.1. The lowest BCUT2D eigenvalue weighted by Crippen LogP contribution is -2.68. The predicted molar refractivity (Wildman–Crippen MR) is 104 cm³/mol. The largest absolute Gasteiger partial charge is 0.573 e. The zero-order valence-electron chi connectivity index (χ0n) is 16.7. The van der Waals surface area contributed by atoms with E-state index in [-0.39, 0.29) is 17.8 Å². The van der Waals surface area contributed by atoms with Crippen molar-refractivity contribution in [2.24, 2.45) is 5.92 Å². The maximum absolute atomic E-state index is 12.6. The summed E-state index contributed by atoms with van der Waals surface area (Å²) in [7, 11) is 0. The summed E-state index contributed by atoms with van der Waals surface area (Å²) in [5.74, 6) is -3.29. The number of alkyl halides is 3. The number of ether oxygens (including phenoxy) is 1. The molecule has 3 atom stereocenters. The van der Waals surface area contributed by atoms with Crippen LogP contribution in [0.1, 0.15) is 24.1 Å². The number of hydrogen-bond donors (Lipinski definition) is 3. The van der Waals surface area contributed by atoms with Gasteiger partial charge in [0.2, 0.25) is 5.91 Å². The number of nitrogens with zero attached hydrogens (tertiary/aromatic N) is 2. The number of aliphatic carboxylic acids is 1. The van der Waals surface area contributed by atoms with E-state index >= 15 is 0 Å². The van der Waals surface area contributed by atoms with E-state index in [1.54, 1.807) is 6.07 Å². The molecule has 2 heterocycles. The molecule has 4 N–H and O–H groups in total. The highest BCUT2D eigenvalue weighted by Crippen LogP contribution is 2.31. The molecular weight excluding hydrogens is 433 g/mol. The monoisotopic (exact) mass is 452 g/mol. The van der Waals surface area contributed by atoms with Crippen molar-refractivity contribution >= 4 is 23.7 Å². The van der Waals surface area contributed by atoms with Gasteiger partial charge in [0, 0.05) is 6.20 Å². The molecule has 1 aromatic carbocycles. The Labute approximate surface area is 180 Å². The van der Waals surface area contributed by atoms with Gasteiger partial charge in [-0.2, -0.15) is 0 Å². The van der Waals surface area contributed by atoms with Crippen molar-refractivity contribution in [2.45, 2.75) is 31.8 Å². The molecule has 0 bridgehead atoms. The number of nitrogen functional groups attached to an aromatic ring is 1. The van der Waals surface area contributed by atoms with E-state index in [4.69, 9.17) is 5.73 Å². The van der Waals surface area contributed by atoms with Crippen molar-refractivity contribution in [3.05, 3.63) is 53.7 Å². The van der Waals surface area contributed by atoms with Crippen molar-refractivity contribution in [3.8, 4) is 5.75 Å². The summed E-state index contributed by atoms with van der Waals surface area (Å²) in [5.41, 5.74) is 6.46. The van der Waals surface area contributed by atoms with Gasteiger partial charge in [0.1, 0.15) is 11.6 Å². The van der Waals surface area contributed by atoms with Crippen LogP contribution in [-0.2, 0) is 16.0 Å². The SMILES string of the molecule is CC(NC(=O)N1C(=O)[C@H](Cc2ccnc(N)c2)[C@H]1C(=O)O)c1cccc(OC(F)(F)F)c1. The number of carboxylic acid groups (broad SMARTS) is 1. The number of hydrogen-bond acceptors (Lipinski definition) is 6. The van der Waals surface area contributed by atoms with E-state index in [2.05, 4.69) is 15.0 Å². The van der Waals surface area contributed by atoms with E-state index in [0.29, 0.717) is 10.5 Å². The molecule has 3 rings (SSSR count). The minimum absolute atomic E-state index is 0.0542. The number of β-lactam (4-membered cyclic amide) rings is 1. The Balaban J connectivity index is 1.70. The summed E-state index contributed by atoms with van der Waals surface area (Å²) >= 11 is 0. The Kier molecular flexibility index (Phi) is 6.23. The molecule has 0 saturated carbocycles. The van der Waals surface area contributed by atoms with Crippen molar-refractivity contribution in [3.63, 3.8) is 0 Å². The standard InChI is InChI=1S/C20H19F3N4O5/c1-10(12-3-2-4-13(9-12)32-20(21,22)23)26-19(31)27-16(18(29)30)14(17(27)28)7-11-5-6-25-15(24)8-11/h2-6,8-10,14,16H,7H2,1H3,(H2,24,25)(H,26,31)(H,29,30)/t10?,14-,16+/m1/s1. The van der Waals surface area contributed by atoms with E-state index in [1.165, 1.54) is 31.3 Å². The summed E-state index contributed by atoms with van der Waals surface area (Å²) in [6.45, 7) is 1.47. The molecule has 9 nitrogen and oxygen atoms in total. The molecule has 3 amide bonds. The maximum atomic E-state index is 12.6. The average molecular weight is 452 g/mol. The Morgan fingerprint density at radius 2 is 2.03 bits per heavy atom. The summed E-state index contributed by atoms with van der Waals surface area (Å²) in [5, 5.41) is 12.0. The normalized spacial score (nSPS) is 19.1. The van der Waals surface area contributed by atoms with Gasteiger partial charge in [-0.05, 0) is 48.7 Å². The highest BCUT2D eigenvalue weighted by Gasteiger charge is 2.54. The number of rotatable bonds is 6. The van der Waals surface area contributed by atoms with Gasteiger partial charge in [0.05, 0.1) is 12.0 Å². The van der Waals surface area contributed by atoms with Crippen LogP contribution in [0.3, 0.4) is 0 Å². The molecule has 1 aliphatic rings. The van der Waals surface area contributed by atoms with Crippen LogP contribution in [0.4, 0.5) is 23.8 Å². The predicted octanol–water partition coefficient (Wildman–Crippen LogP) is 2.49. The fourth-order valence-electron chi connectivity index (χ4n) is 3.45. The maximum Gasteiger partial charge on any atom is 0.573 e. The molecule has 32 heavy (non-hydrogen) atoms. The Morgan fingerprint density at radius 3 is 2.66 bits per heavy atom. The quantitative estimate of drug-likeness (QED) is 0.573. The summed E-state index contributed by atoms with van der Waals surface area (Å²) in [6.07, 6.45) is -3.40. The minimum Gasteiger partial charge on any atom is -0.480 e. The molecule has 1 aliphatic heterocycles. The van der Waals surface area contributed by atoms with Crippen LogP contribution in [-0.4, -0.2) is 45.3 Å². The lowest BCUT2D eigenvalue weighted by atomic mass is 9.82. The highest BCUT2D eigenvalue weighted by molar-refractivity contribution is 6.07. The zero-order valence-corrected chi connectivity index (χ0v) is 16.7.